The SMILES string of the molecule is CC(C)CCC(OCOC(CCC(C)C)C(O)CC(C)C)C(O)CC(C)C. The molecule has 4 nitrogen and oxygen atoms in total. The summed E-state index contributed by atoms with van der Waals surface area (Å²) in [5.74, 6) is 2.01. The number of rotatable bonds is 16. The third-order valence-corrected chi connectivity index (χ3v) is 4.91. The van der Waals surface area contributed by atoms with Crippen molar-refractivity contribution in [2.75, 3.05) is 6.79 Å². The molecule has 0 aromatic rings. The van der Waals surface area contributed by atoms with E-state index in [0.717, 1.165) is 38.5 Å². The van der Waals surface area contributed by atoms with Crippen molar-refractivity contribution in [1.29, 1.82) is 0 Å². The Hall–Kier alpha value is -0.160. The summed E-state index contributed by atoms with van der Waals surface area (Å²) >= 11 is 0. The summed E-state index contributed by atoms with van der Waals surface area (Å²) in [6, 6.07) is 0. The monoisotopic (exact) mass is 388 g/mol. The number of aliphatic hydroxyl groups excluding tert-OH is 2. The van der Waals surface area contributed by atoms with Crippen LogP contribution in [0.1, 0.15) is 93.9 Å². The molecule has 4 unspecified atom stereocenters. The van der Waals surface area contributed by atoms with Gasteiger partial charge in [-0.1, -0.05) is 55.4 Å². The summed E-state index contributed by atoms with van der Waals surface area (Å²) in [5, 5.41) is 21.1. The van der Waals surface area contributed by atoms with Gasteiger partial charge in [0, 0.05) is 0 Å². The molecular formula is C23H48O4. The number of aliphatic hydroxyl groups is 2. The molecule has 0 saturated carbocycles. The molecule has 27 heavy (non-hydrogen) atoms. The molecule has 0 saturated heterocycles. The van der Waals surface area contributed by atoms with E-state index in [4.69, 9.17) is 9.47 Å². The maximum atomic E-state index is 10.5. The number of ether oxygens (including phenoxy) is 2. The van der Waals surface area contributed by atoms with E-state index in [0.29, 0.717) is 23.7 Å². The van der Waals surface area contributed by atoms with Crippen LogP contribution in [0.15, 0.2) is 0 Å². The fraction of sp³-hybridized carbons (Fsp3) is 1.00. The second-order valence-corrected chi connectivity index (χ2v) is 9.86. The van der Waals surface area contributed by atoms with E-state index < -0.39 is 12.2 Å². The molecule has 0 radical (unpaired) electrons. The van der Waals surface area contributed by atoms with Crippen LogP contribution in [0.25, 0.3) is 0 Å². The van der Waals surface area contributed by atoms with Crippen molar-refractivity contribution in [1.82, 2.24) is 0 Å². The van der Waals surface area contributed by atoms with Crippen molar-refractivity contribution in [2.45, 2.75) is 118 Å². The highest BCUT2D eigenvalue weighted by atomic mass is 16.7. The van der Waals surface area contributed by atoms with Gasteiger partial charge in [-0.2, -0.15) is 0 Å². The first kappa shape index (κ1) is 26.8. The highest BCUT2D eigenvalue weighted by molar-refractivity contribution is 4.73. The Balaban J connectivity index is 4.70. The molecule has 2 N–H and O–H groups in total. The fourth-order valence-electron chi connectivity index (χ4n) is 3.25. The van der Waals surface area contributed by atoms with Gasteiger partial charge in [0.25, 0.3) is 0 Å². The van der Waals surface area contributed by atoms with Crippen LogP contribution >= 0.6 is 0 Å². The average molecular weight is 389 g/mol. The highest BCUT2D eigenvalue weighted by Crippen LogP contribution is 2.21. The summed E-state index contributed by atoms with van der Waals surface area (Å²) in [7, 11) is 0. The van der Waals surface area contributed by atoms with Crippen molar-refractivity contribution in [3.63, 3.8) is 0 Å². The van der Waals surface area contributed by atoms with Gasteiger partial charge in [-0.15, -0.1) is 0 Å². The van der Waals surface area contributed by atoms with Gasteiger partial charge in [-0.05, 0) is 62.2 Å². The van der Waals surface area contributed by atoms with Crippen LogP contribution < -0.4 is 0 Å². The van der Waals surface area contributed by atoms with E-state index in [-0.39, 0.29) is 19.0 Å². The molecule has 0 aromatic carbocycles. The molecule has 0 bridgehead atoms. The summed E-state index contributed by atoms with van der Waals surface area (Å²) in [6.07, 6.45) is 3.82. The molecule has 0 heterocycles. The zero-order chi connectivity index (χ0) is 21.0. The molecule has 0 aromatic heterocycles. The zero-order valence-corrected chi connectivity index (χ0v) is 19.3. The van der Waals surface area contributed by atoms with Crippen LogP contribution in [0.3, 0.4) is 0 Å². The lowest BCUT2D eigenvalue weighted by Crippen LogP contribution is -2.35. The van der Waals surface area contributed by atoms with Crippen LogP contribution in [-0.2, 0) is 9.47 Å². The number of hydrogen-bond acceptors (Lipinski definition) is 4. The van der Waals surface area contributed by atoms with Crippen molar-refractivity contribution in [3.05, 3.63) is 0 Å². The van der Waals surface area contributed by atoms with E-state index in [1.165, 1.54) is 0 Å². The Labute approximate surface area is 169 Å². The summed E-state index contributed by atoms with van der Waals surface area (Å²) in [6.45, 7) is 17.3. The third kappa shape index (κ3) is 14.5. The van der Waals surface area contributed by atoms with Gasteiger partial charge in [-0.25, -0.2) is 0 Å². The Morgan fingerprint density at radius 3 is 1.11 bits per heavy atom. The summed E-state index contributed by atoms with van der Waals surface area (Å²) in [5.41, 5.74) is 0. The van der Waals surface area contributed by atoms with Crippen molar-refractivity contribution in [3.8, 4) is 0 Å². The van der Waals surface area contributed by atoms with Crippen molar-refractivity contribution < 1.29 is 19.7 Å². The normalized spacial score (nSPS) is 17.1. The first-order valence-electron chi connectivity index (χ1n) is 11.1. The van der Waals surface area contributed by atoms with Crippen molar-refractivity contribution >= 4 is 0 Å². The summed E-state index contributed by atoms with van der Waals surface area (Å²) in [4.78, 5) is 0. The lowest BCUT2D eigenvalue weighted by Gasteiger charge is -2.28. The largest absolute Gasteiger partial charge is 0.390 e. The summed E-state index contributed by atoms with van der Waals surface area (Å²) < 4.78 is 11.9. The molecule has 0 aliphatic heterocycles. The lowest BCUT2D eigenvalue weighted by molar-refractivity contribution is -0.170. The van der Waals surface area contributed by atoms with Gasteiger partial charge in [0.1, 0.15) is 6.79 Å². The van der Waals surface area contributed by atoms with Gasteiger partial charge < -0.3 is 19.7 Å². The first-order valence-corrected chi connectivity index (χ1v) is 11.1. The molecule has 0 spiro atoms. The van der Waals surface area contributed by atoms with Crippen LogP contribution in [-0.4, -0.2) is 41.4 Å². The maximum absolute atomic E-state index is 10.5. The Kier molecular flexibility index (Phi) is 14.7. The molecule has 4 heteroatoms. The smallest absolute Gasteiger partial charge is 0.147 e. The predicted octanol–water partition coefficient (Wildman–Crippen LogP) is 5.40. The van der Waals surface area contributed by atoms with Crippen molar-refractivity contribution in [2.24, 2.45) is 23.7 Å². The van der Waals surface area contributed by atoms with Crippen LogP contribution in [0.2, 0.25) is 0 Å². The highest BCUT2D eigenvalue weighted by Gasteiger charge is 2.24. The van der Waals surface area contributed by atoms with Gasteiger partial charge in [-0.3, -0.25) is 0 Å². The Morgan fingerprint density at radius 2 is 0.852 bits per heavy atom. The molecule has 164 valence electrons. The van der Waals surface area contributed by atoms with E-state index in [1.54, 1.807) is 0 Å². The maximum Gasteiger partial charge on any atom is 0.147 e. The minimum Gasteiger partial charge on any atom is -0.390 e. The predicted molar refractivity (Wildman–Crippen MR) is 114 cm³/mol. The van der Waals surface area contributed by atoms with Crippen LogP contribution in [0, 0.1) is 23.7 Å². The van der Waals surface area contributed by atoms with Gasteiger partial charge in [0.2, 0.25) is 0 Å². The van der Waals surface area contributed by atoms with Gasteiger partial charge in [0.15, 0.2) is 0 Å². The van der Waals surface area contributed by atoms with Crippen LogP contribution in [0.5, 0.6) is 0 Å². The molecule has 0 fully saturated rings. The first-order chi connectivity index (χ1) is 12.5. The Bertz CT molecular complexity index is 309. The minimum atomic E-state index is -0.470. The van der Waals surface area contributed by atoms with E-state index in [1.807, 2.05) is 0 Å². The average Bonchev–Trinajstić information content (AvgIpc) is 2.51. The third-order valence-electron chi connectivity index (χ3n) is 4.91. The van der Waals surface area contributed by atoms with Crippen LogP contribution in [0.4, 0.5) is 0 Å². The molecular weight excluding hydrogens is 340 g/mol. The molecule has 0 amide bonds. The van der Waals surface area contributed by atoms with Gasteiger partial charge in [0.05, 0.1) is 24.4 Å². The molecule has 0 aliphatic rings. The second-order valence-electron chi connectivity index (χ2n) is 9.86. The fourth-order valence-corrected chi connectivity index (χ4v) is 3.25. The Morgan fingerprint density at radius 1 is 0.519 bits per heavy atom. The topological polar surface area (TPSA) is 58.9 Å². The lowest BCUT2D eigenvalue weighted by atomic mass is 9.96. The molecule has 0 aliphatic carbocycles. The molecule has 0 rings (SSSR count). The second kappa shape index (κ2) is 14.8. The number of hydrogen-bond donors (Lipinski definition) is 2. The van der Waals surface area contributed by atoms with Gasteiger partial charge >= 0.3 is 0 Å². The van der Waals surface area contributed by atoms with E-state index in [2.05, 4.69) is 55.4 Å². The zero-order valence-electron chi connectivity index (χ0n) is 19.3. The standard InChI is InChI=1S/C23H48O4/c1-16(2)9-11-22(20(24)13-18(5)6)26-15-27-23(12-10-17(3)4)21(25)14-19(7)8/h16-25H,9-15H2,1-8H3. The minimum absolute atomic E-state index is 0.135. The van der Waals surface area contributed by atoms with E-state index >= 15 is 0 Å². The molecule has 4 atom stereocenters. The quantitative estimate of drug-likeness (QED) is 0.348. The van der Waals surface area contributed by atoms with E-state index in [9.17, 15) is 10.2 Å².